The number of hydrogen-bond donors (Lipinski definition) is 2. The minimum Gasteiger partial charge on any atom is -0.351 e. The van der Waals surface area contributed by atoms with Crippen LogP contribution in [0.5, 0.6) is 0 Å². The quantitative estimate of drug-likeness (QED) is 0.809. The van der Waals surface area contributed by atoms with Crippen molar-refractivity contribution in [2.45, 2.75) is 38.6 Å². The number of benzene rings is 1. The van der Waals surface area contributed by atoms with Crippen LogP contribution in [0.15, 0.2) is 24.3 Å². The first kappa shape index (κ1) is 16.7. The number of anilines is 1. The molecule has 1 aromatic carbocycles. The van der Waals surface area contributed by atoms with Gasteiger partial charge in [0.05, 0.1) is 4.32 Å². The second-order valence-corrected chi connectivity index (χ2v) is 7.48. The second kappa shape index (κ2) is 6.88. The molecule has 0 fully saturated rings. The Bertz CT molecular complexity index is 493. The van der Waals surface area contributed by atoms with Gasteiger partial charge < -0.3 is 10.6 Å². The Balaban J connectivity index is 2.65. The Hall–Kier alpha value is -1.36. The Morgan fingerprint density at radius 1 is 1.30 bits per heavy atom. The molecule has 5 heteroatoms. The summed E-state index contributed by atoms with van der Waals surface area (Å²) < 4.78 is -0.587. The summed E-state index contributed by atoms with van der Waals surface area (Å²) in [5.41, 5.74) is 1.69. The smallest absolute Gasteiger partial charge is 0.236 e. The lowest BCUT2D eigenvalue weighted by Crippen LogP contribution is -2.37. The molecule has 110 valence electrons. The fraction of sp³-hybridized carbons (Fsp3) is 0.467. The predicted octanol–water partition coefficient (Wildman–Crippen LogP) is 3.07. The monoisotopic (exact) mass is 340 g/mol. The van der Waals surface area contributed by atoms with E-state index < -0.39 is 4.32 Å². The van der Waals surface area contributed by atoms with Crippen LogP contribution in [0, 0.1) is 5.92 Å². The molecule has 1 aromatic rings. The van der Waals surface area contributed by atoms with Crippen LogP contribution in [0.2, 0.25) is 0 Å². The van der Waals surface area contributed by atoms with Gasteiger partial charge in [-0.15, -0.1) is 0 Å². The zero-order valence-electron chi connectivity index (χ0n) is 12.3. The Morgan fingerprint density at radius 3 is 2.50 bits per heavy atom. The van der Waals surface area contributed by atoms with Crippen molar-refractivity contribution in [3.63, 3.8) is 0 Å². The van der Waals surface area contributed by atoms with Crippen LogP contribution in [-0.4, -0.2) is 16.1 Å². The van der Waals surface area contributed by atoms with Crippen LogP contribution in [0.3, 0.4) is 0 Å². The molecule has 0 saturated carbocycles. The largest absolute Gasteiger partial charge is 0.351 e. The van der Waals surface area contributed by atoms with E-state index in [1.54, 1.807) is 13.8 Å². The summed E-state index contributed by atoms with van der Waals surface area (Å²) in [6.07, 6.45) is 0. The highest BCUT2D eigenvalue weighted by Gasteiger charge is 2.22. The molecule has 0 heterocycles. The number of carbonyl (C=O) groups is 2. The predicted molar refractivity (Wildman–Crippen MR) is 84.8 cm³/mol. The van der Waals surface area contributed by atoms with Gasteiger partial charge in [-0.1, -0.05) is 41.9 Å². The van der Waals surface area contributed by atoms with Gasteiger partial charge in [-0.05, 0) is 31.5 Å². The molecule has 20 heavy (non-hydrogen) atoms. The van der Waals surface area contributed by atoms with Crippen LogP contribution in [0.1, 0.15) is 33.3 Å². The van der Waals surface area contributed by atoms with Crippen LogP contribution in [0.4, 0.5) is 5.69 Å². The number of alkyl halides is 1. The lowest BCUT2D eigenvalue weighted by molar-refractivity contribution is -0.122. The van der Waals surface area contributed by atoms with Crippen molar-refractivity contribution in [3.8, 4) is 0 Å². The fourth-order valence-electron chi connectivity index (χ4n) is 1.44. The molecule has 0 spiro atoms. The summed E-state index contributed by atoms with van der Waals surface area (Å²) in [5.74, 6) is -0.158. The zero-order chi connectivity index (χ0) is 15.3. The molecule has 4 nitrogen and oxygen atoms in total. The minimum atomic E-state index is -0.587. The second-order valence-electron chi connectivity index (χ2n) is 5.50. The van der Waals surface area contributed by atoms with Crippen LogP contribution < -0.4 is 10.6 Å². The molecular formula is C15H21BrN2O2. The SMILES string of the molecule is CC(C)C(=O)Nc1cccc(CNC(=O)C(C)(C)Br)c1. The Kier molecular flexibility index (Phi) is 5.74. The van der Waals surface area contributed by atoms with Gasteiger partial charge in [0.2, 0.25) is 11.8 Å². The van der Waals surface area contributed by atoms with E-state index in [-0.39, 0.29) is 17.7 Å². The topological polar surface area (TPSA) is 58.2 Å². The normalized spacial score (nSPS) is 11.3. The molecule has 1 rings (SSSR count). The van der Waals surface area contributed by atoms with Gasteiger partial charge in [-0.25, -0.2) is 0 Å². The molecule has 2 amide bonds. The van der Waals surface area contributed by atoms with Crippen LogP contribution in [-0.2, 0) is 16.1 Å². The summed E-state index contributed by atoms with van der Waals surface area (Å²) in [4.78, 5) is 23.4. The van der Waals surface area contributed by atoms with E-state index >= 15 is 0 Å². The maximum Gasteiger partial charge on any atom is 0.236 e. The molecular weight excluding hydrogens is 320 g/mol. The van der Waals surface area contributed by atoms with E-state index in [4.69, 9.17) is 0 Å². The summed E-state index contributed by atoms with van der Waals surface area (Å²) >= 11 is 3.31. The average Bonchev–Trinajstić information content (AvgIpc) is 2.35. The zero-order valence-corrected chi connectivity index (χ0v) is 13.9. The number of nitrogens with one attached hydrogen (secondary N) is 2. The number of halogens is 1. The molecule has 0 aliphatic rings. The van der Waals surface area contributed by atoms with Crippen molar-refractivity contribution >= 4 is 33.4 Å². The van der Waals surface area contributed by atoms with Gasteiger partial charge in [-0.2, -0.15) is 0 Å². The van der Waals surface area contributed by atoms with Crippen molar-refractivity contribution < 1.29 is 9.59 Å². The Labute approximate surface area is 128 Å². The highest BCUT2D eigenvalue weighted by molar-refractivity contribution is 9.10. The number of hydrogen-bond acceptors (Lipinski definition) is 2. The maximum atomic E-state index is 11.8. The average molecular weight is 341 g/mol. The highest BCUT2D eigenvalue weighted by Crippen LogP contribution is 2.16. The van der Waals surface area contributed by atoms with Crippen molar-refractivity contribution in [1.82, 2.24) is 5.32 Å². The molecule has 0 aliphatic carbocycles. The minimum absolute atomic E-state index is 0.0206. The van der Waals surface area contributed by atoms with Gasteiger partial charge in [-0.3, -0.25) is 9.59 Å². The van der Waals surface area contributed by atoms with E-state index in [1.807, 2.05) is 38.1 Å². The molecule has 0 bridgehead atoms. The molecule has 0 radical (unpaired) electrons. The van der Waals surface area contributed by atoms with E-state index in [0.717, 1.165) is 11.3 Å². The third-order valence-electron chi connectivity index (χ3n) is 2.71. The van der Waals surface area contributed by atoms with Crippen molar-refractivity contribution in [1.29, 1.82) is 0 Å². The van der Waals surface area contributed by atoms with Crippen molar-refractivity contribution in [2.24, 2.45) is 5.92 Å². The lowest BCUT2D eigenvalue weighted by Gasteiger charge is -2.16. The molecule has 0 unspecified atom stereocenters. The first-order valence-electron chi connectivity index (χ1n) is 6.57. The van der Waals surface area contributed by atoms with Gasteiger partial charge in [0.15, 0.2) is 0 Å². The van der Waals surface area contributed by atoms with Crippen LogP contribution >= 0.6 is 15.9 Å². The third kappa shape index (κ3) is 5.33. The first-order chi connectivity index (χ1) is 9.20. The van der Waals surface area contributed by atoms with E-state index in [9.17, 15) is 9.59 Å². The lowest BCUT2D eigenvalue weighted by atomic mass is 10.1. The fourth-order valence-corrected chi connectivity index (χ4v) is 1.58. The molecule has 0 saturated heterocycles. The number of carbonyl (C=O) groups excluding carboxylic acids is 2. The molecule has 0 aromatic heterocycles. The molecule has 0 atom stereocenters. The third-order valence-corrected chi connectivity index (χ3v) is 3.07. The summed E-state index contributed by atoms with van der Waals surface area (Å²) in [5, 5.41) is 5.68. The first-order valence-corrected chi connectivity index (χ1v) is 7.36. The standard InChI is InChI=1S/C15H21BrN2O2/c1-10(2)13(19)18-12-7-5-6-11(8-12)9-17-14(20)15(3,4)16/h5-8,10H,9H2,1-4H3,(H,17,20)(H,18,19). The van der Waals surface area contributed by atoms with E-state index in [1.165, 1.54) is 0 Å². The van der Waals surface area contributed by atoms with Gasteiger partial charge in [0.25, 0.3) is 0 Å². The molecule has 2 N–H and O–H groups in total. The summed E-state index contributed by atoms with van der Waals surface area (Å²) in [6.45, 7) is 7.71. The highest BCUT2D eigenvalue weighted by atomic mass is 79.9. The Morgan fingerprint density at radius 2 is 1.95 bits per heavy atom. The number of amides is 2. The van der Waals surface area contributed by atoms with Gasteiger partial charge in [0.1, 0.15) is 0 Å². The van der Waals surface area contributed by atoms with E-state index in [0.29, 0.717) is 6.54 Å². The van der Waals surface area contributed by atoms with Gasteiger partial charge >= 0.3 is 0 Å². The van der Waals surface area contributed by atoms with E-state index in [2.05, 4.69) is 26.6 Å². The van der Waals surface area contributed by atoms with Gasteiger partial charge in [0, 0.05) is 18.2 Å². The van der Waals surface area contributed by atoms with Crippen LogP contribution in [0.25, 0.3) is 0 Å². The summed E-state index contributed by atoms with van der Waals surface area (Å²) in [7, 11) is 0. The maximum absolute atomic E-state index is 11.8. The van der Waals surface area contributed by atoms with Crippen molar-refractivity contribution in [2.75, 3.05) is 5.32 Å². The van der Waals surface area contributed by atoms with Crippen molar-refractivity contribution in [3.05, 3.63) is 29.8 Å². The number of rotatable bonds is 5. The summed E-state index contributed by atoms with van der Waals surface area (Å²) in [6, 6.07) is 7.46. The molecule has 0 aliphatic heterocycles.